The summed E-state index contributed by atoms with van der Waals surface area (Å²) in [7, 11) is 3.27. The van der Waals surface area contributed by atoms with Gasteiger partial charge in [0.2, 0.25) is 0 Å². The molecule has 0 saturated heterocycles. The Bertz CT molecular complexity index is 291. The van der Waals surface area contributed by atoms with Crippen molar-refractivity contribution >= 4 is 15.9 Å². The van der Waals surface area contributed by atoms with Crippen LogP contribution in [0.5, 0.6) is 11.5 Å². The lowest BCUT2D eigenvalue weighted by atomic mass is 10.2. The molecule has 3 nitrogen and oxygen atoms in total. The molecular weight excluding hydrogens is 246 g/mol. The molecule has 0 saturated carbocycles. The standard InChI is InChI=1S/C10H14BrNO2/c1-13-9-4-3-8(6-12-7-11)5-10(9)14-2/h3-5,12H,6-7H2,1-2H3. The van der Waals surface area contributed by atoms with Gasteiger partial charge >= 0.3 is 0 Å². The van der Waals surface area contributed by atoms with Gasteiger partial charge in [0.15, 0.2) is 11.5 Å². The van der Waals surface area contributed by atoms with Crippen molar-refractivity contribution in [3.8, 4) is 11.5 Å². The Morgan fingerprint density at radius 2 is 1.93 bits per heavy atom. The van der Waals surface area contributed by atoms with Gasteiger partial charge in [-0.25, -0.2) is 0 Å². The maximum absolute atomic E-state index is 5.19. The second-order valence-electron chi connectivity index (χ2n) is 2.75. The summed E-state index contributed by atoms with van der Waals surface area (Å²) >= 11 is 3.30. The summed E-state index contributed by atoms with van der Waals surface area (Å²) in [6.07, 6.45) is 0. The molecule has 1 aromatic rings. The fourth-order valence-corrected chi connectivity index (χ4v) is 1.38. The lowest BCUT2D eigenvalue weighted by Gasteiger charge is -2.09. The monoisotopic (exact) mass is 259 g/mol. The van der Waals surface area contributed by atoms with Crippen molar-refractivity contribution in [3.05, 3.63) is 23.8 Å². The van der Waals surface area contributed by atoms with Crippen LogP contribution in [0.15, 0.2) is 18.2 Å². The first-order valence-electron chi connectivity index (χ1n) is 4.29. The summed E-state index contributed by atoms with van der Waals surface area (Å²) in [4.78, 5) is 0. The molecular formula is C10H14BrNO2. The zero-order valence-electron chi connectivity index (χ0n) is 8.34. The van der Waals surface area contributed by atoms with E-state index in [1.807, 2.05) is 18.2 Å². The molecule has 4 heteroatoms. The van der Waals surface area contributed by atoms with E-state index in [-0.39, 0.29) is 0 Å². The van der Waals surface area contributed by atoms with E-state index in [1.54, 1.807) is 14.2 Å². The Hall–Kier alpha value is -0.740. The zero-order chi connectivity index (χ0) is 10.4. The number of methoxy groups -OCH3 is 2. The fraction of sp³-hybridized carbons (Fsp3) is 0.400. The van der Waals surface area contributed by atoms with Crippen molar-refractivity contribution < 1.29 is 9.47 Å². The average Bonchev–Trinajstić information content (AvgIpc) is 2.25. The summed E-state index contributed by atoms with van der Waals surface area (Å²) < 4.78 is 10.3. The third-order valence-electron chi connectivity index (χ3n) is 1.87. The topological polar surface area (TPSA) is 30.5 Å². The maximum atomic E-state index is 5.19. The molecule has 1 N–H and O–H groups in total. The smallest absolute Gasteiger partial charge is 0.161 e. The number of nitrogens with one attached hydrogen (secondary N) is 1. The quantitative estimate of drug-likeness (QED) is 0.650. The van der Waals surface area contributed by atoms with Gasteiger partial charge in [0.1, 0.15) is 0 Å². The first-order valence-corrected chi connectivity index (χ1v) is 5.41. The largest absolute Gasteiger partial charge is 0.493 e. The van der Waals surface area contributed by atoms with E-state index in [9.17, 15) is 0 Å². The van der Waals surface area contributed by atoms with E-state index in [1.165, 1.54) is 5.56 Å². The highest BCUT2D eigenvalue weighted by Crippen LogP contribution is 2.27. The van der Waals surface area contributed by atoms with Crippen molar-refractivity contribution in [2.24, 2.45) is 0 Å². The van der Waals surface area contributed by atoms with Crippen molar-refractivity contribution in [2.45, 2.75) is 6.54 Å². The highest BCUT2D eigenvalue weighted by atomic mass is 79.9. The number of alkyl halides is 1. The summed E-state index contributed by atoms with van der Waals surface area (Å²) in [5.74, 6) is 1.52. The first-order chi connectivity index (χ1) is 6.81. The molecule has 0 atom stereocenters. The number of rotatable bonds is 5. The Morgan fingerprint density at radius 1 is 1.21 bits per heavy atom. The van der Waals surface area contributed by atoms with Gasteiger partial charge in [0, 0.05) is 6.54 Å². The molecule has 0 aliphatic rings. The van der Waals surface area contributed by atoms with Crippen LogP contribution in [0.25, 0.3) is 0 Å². The summed E-state index contributed by atoms with van der Waals surface area (Å²) in [6.45, 7) is 0.811. The van der Waals surface area contributed by atoms with Crippen LogP contribution in [-0.2, 0) is 6.54 Å². The van der Waals surface area contributed by atoms with Gasteiger partial charge in [-0.05, 0) is 17.7 Å². The molecule has 0 aliphatic carbocycles. The predicted molar refractivity (Wildman–Crippen MR) is 60.2 cm³/mol. The van der Waals surface area contributed by atoms with E-state index >= 15 is 0 Å². The zero-order valence-corrected chi connectivity index (χ0v) is 9.93. The molecule has 0 unspecified atom stereocenters. The highest BCUT2D eigenvalue weighted by molar-refractivity contribution is 9.09. The number of ether oxygens (including phenoxy) is 2. The van der Waals surface area contributed by atoms with Crippen LogP contribution in [0.1, 0.15) is 5.56 Å². The molecule has 0 spiro atoms. The van der Waals surface area contributed by atoms with Crippen LogP contribution in [0.4, 0.5) is 0 Å². The number of hydrogen-bond donors (Lipinski definition) is 1. The van der Waals surface area contributed by atoms with Crippen molar-refractivity contribution in [3.63, 3.8) is 0 Å². The lowest BCUT2D eigenvalue weighted by Crippen LogP contribution is -2.09. The fourth-order valence-electron chi connectivity index (χ4n) is 1.18. The molecule has 0 fully saturated rings. The van der Waals surface area contributed by atoms with Gasteiger partial charge in [-0.2, -0.15) is 0 Å². The predicted octanol–water partition coefficient (Wildman–Crippen LogP) is 2.15. The molecule has 0 heterocycles. The van der Waals surface area contributed by atoms with E-state index < -0.39 is 0 Å². The average molecular weight is 260 g/mol. The van der Waals surface area contributed by atoms with E-state index in [2.05, 4.69) is 21.2 Å². The minimum absolute atomic E-state index is 0.759. The number of benzene rings is 1. The molecule has 0 radical (unpaired) electrons. The molecule has 14 heavy (non-hydrogen) atoms. The summed E-state index contributed by atoms with van der Waals surface area (Å²) in [6, 6.07) is 5.88. The Kier molecular flexibility index (Phi) is 4.76. The molecule has 1 rings (SSSR count). The normalized spacial score (nSPS) is 9.93. The van der Waals surface area contributed by atoms with Crippen molar-refractivity contribution in [1.82, 2.24) is 5.32 Å². The van der Waals surface area contributed by atoms with Gasteiger partial charge in [-0.3, -0.25) is 0 Å². The Morgan fingerprint density at radius 3 is 2.50 bits per heavy atom. The van der Waals surface area contributed by atoms with Crippen LogP contribution in [-0.4, -0.2) is 19.7 Å². The number of hydrogen-bond acceptors (Lipinski definition) is 3. The van der Waals surface area contributed by atoms with Crippen LogP contribution < -0.4 is 14.8 Å². The van der Waals surface area contributed by atoms with Crippen molar-refractivity contribution in [1.29, 1.82) is 0 Å². The maximum Gasteiger partial charge on any atom is 0.161 e. The minimum atomic E-state index is 0.759. The van der Waals surface area contributed by atoms with Gasteiger partial charge in [-0.1, -0.05) is 22.0 Å². The summed E-state index contributed by atoms with van der Waals surface area (Å²) in [5.41, 5.74) is 1.95. The third kappa shape index (κ3) is 2.89. The Balaban J connectivity index is 2.79. The van der Waals surface area contributed by atoms with Gasteiger partial charge in [-0.15, -0.1) is 0 Å². The van der Waals surface area contributed by atoms with E-state index in [0.29, 0.717) is 0 Å². The van der Waals surface area contributed by atoms with Gasteiger partial charge in [0.05, 0.1) is 19.7 Å². The van der Waals surface area contributed by atoms with Crippen LogP contribution in [0.2, 0.25) is 0 Å². The molecule has 78 valence electrons. The molecule has 0 bridgehead atoms. The molecule has 1 aromatic carbocycles. The minimum Gasteiger partial charge on any atom is -0.493 e. The molecule has 0 amide bonds. The van der Waals surface area contributed by atoms with Crippen molar-refractivity contribution in [2.75, 3.05) is 19.7 Å². The van der Waals surface area contributed by atoms with E-state index in [0.717, 1.165) is 23.5 Å². The molecule has 0 aliphatic heterocycles. The van der Waals surface area contributed by atoms with Crippen LogP contribution in [0.3, 0.4) is 0 Å². The van der Waals surface area contributed by atoms with Crippen LogP contribution >= 0.6 is 15.9 Å². The highest BCUT2D eigenvalue weighted by Gasteiger charge is 2.03. The summed E-state index contributed by atoms with van der Waals surface area (Å²) in [5, 5.41) is 3.17. The lowest BCUT2D eigenvalue weighted by molar-refractivity contribution is 0.354. The Labute approximate surface area is 92.5 Å². The van der Waals surface area contributed by atoms with Crippen LogP contribution in [0, 0.1) is 0 Å². The van der Waals surface area contributed by atoms with Gasteiger partial charge < -0.3 is 14.8 Å². The number of halogens is 1. The first kappa shape index (κ1) is 11.3. The third-order valence-corrected chi connectivity index (χ3v) is 2.27. The van der Waals surface area contributed by atoms with E-state index in [4.69, 9.17) is 9.47 Å². The second-order valence-corrected chi connectivity index (χ2v) is 3.31. The molecule has 0 aromatic heterocycles. The second kappa shape index (κ2) is 5.88. The van der Waals surface area contributed by atoms with Gasteiger partial charge in [0.25, 0.3) is 0 Å². The SMILES string of the molecule is COc1ccc(CNCBr)cc1OC.